The van der Waals surface area contributed by atoms with Gasteiger partial charge in [-0.15, -0.1) is 0 Å². The highest BCUT2D eigenvalue weighted by Crippen LogP contribution is 2.37. The summed E-state index contributed by atoms with van der Waals surface area (Å²) < 4.78 is 18.5. The van der Waals surface area contributed by atoms with Crippen LogP contribution in [0.2, 0.25) is 18.1 Å². The van der Waals surface area contributed by atoms with Crippen LogP contribution in [0.5, 0.6) is 0 Å². The van der Waals surface area contributed by atoms with Gasteiger partial charge in [-0.2, -0.15) is 4.98 Å². The number of anilines is 1. The second-order valence-electron chi connectivity index (χ2n) is 12.7. The lowest BCUT2D eigenvalue weighted by Crippen LogP contribution is -2.55. The van der Waals surface area contributed by atoms with Gasteiger partial charge in [0.2, 0.25) is 0 Å². The fraction of sp³-hybridized carbons (Fsp3) is 0.714. The molecule has 3 aliphatic rings. The van der Waals surface area contributed by atoms with Crippen LogP contribution >= 0.6 is 0 Å². The standard InChI is InChI=1S/C28H44N4O4Si/c1-28(2,3)37(5,6)35-18-22-17-34-14-13-32(22)27-30-25-23(11-8-12-24(25)36-27)26(33)29-19-15-20-9-7-10-21(16-19)31(20)4/h8,11-12,19-22H,7,9-10,13-18H2,1-6H3,(H,29,33)/t19?,20?,21?,22-/m1/s1. The minimum atomic E-state index is -1.90. The number of aromatic nitrogens is 1. The fourth-order valence-electron chi connectivity index (χ4n) is 5.81. The minimum Gasteiger partial charge on any atom is -0.423 e. The molecule has 204 valence electrons. The number of oxazole rings is 1. The molecule has 4 heterocycles. The third-order valence-electron chi connectivity index (χ3n) is 9.24. The van der Waals surface area contributed by atoms with Gasteiger partial charge in [-0.05, 0) is 63.0 Å². The molecule has 37 heavy (non-hydrogen) atoms. The lowest BCUT2D eigenvalue weighted by molar-refractivity contribution is 0.0463. The highest BCUT2D eigenvalue weighted by Gasteiger charge is 2.39. The molecule has 0 radical (unpaired) electrons. The predicted octanol–water partition coefficient (Wildman–Crippen LogP) is 4.80. The zero-order valence-corrected chi connectivity index (χ0v) is 24.4. The van der Waals surface area contributed by atoms with Crippen molar-refractivity contribution in [1.82, 2.24) is 15.2 Å². The average molecular weight is 529 g/mol. The predicted molar refractivity (Wildman–Crippen MR) is 149 cm³/mol. The number of morpholine rings is 1. The minimum absolute atomic E-state index is 0.0202. The van der Waals surface area contributed by atoms with Gasteiger partial charge in [0, 0.05) is 24.7 Å². The fourth-order valence-corrected chi connectivity index (χ4v) is 6.85. The van der Waals surface area contributed by atoms with E-state index < -0.39 is 8.32 Å². The molecule has 1 N–H and O–H groups in total. The van der Waals surface area contributed by atoms with Crippen LogP contribution in [0.4, 0.5) is 6.01 Å². The number of carbonyl (C=O) groups excluding carboxylic acids is 1. The third kappa shape index (κ3) is 5.46. The molecule has 0 saturated carbocycles. The number of para-hydroxylation sites is 1. The highest BCUT2D eigenvalue weighted by atomic mass is 28.4. The zero-order valence-electron chi connectivity index (χ0n) is 23.4. The Hall–Kier alpha value is -1.94. The maximum Gasteiger partial charge on any atom is 0.298 e. The maximum absolute atomic E-state index is 13.4. The van der Waals surface area contributed by atoms with Gasteiger partial charge in [-0.3, -0.25) is 4.79 Å². The van der Waals surface area contributed by atoms with E-state index in [4.69, 9.17) is 18.6 Å². The van der Waals surface area contributed by atoms with Crippen LogP contribution in [0.15, 0.2) is 22.6 Å². The molecule has 2 aromatic rings. The number of ether oxygens (including phenoxy) is 1. The number of nitrogens with one attached hydrogen (secondary N) is 1. The van der Waals surface area contributed by atoms with E-state index in [9.17, 15) is 4.79 Å². The Morgan fingerprint density at radius 3 is 2.65 bits per heavy atom. The van der Waals surface area contributed by atoms with Gasteiger partial charge in [0.05, 0.1) is 31.4 Å². The van der Waals surface area contributed by atoms with E-state index >= 15 is 0 Å². The summed E-state index contributed by atoms with van der Waals surface area (Å²) in [6, 6.07) is 7.53. The van der Waals surface area contributed by atoms with E-state index in [1.807, 2.05) is 18.2 Å². The van der Waals surface area contributed by atoms with Crippen LogP contribution in [0, 0.1) is 0 Å². The maximum atomic E-state index is 13.4. The Kier molecular flexibility index (Phi) is 7.43. The summed E-state index contributed by atoms with van der Waals surface area (Å²) in [4.78, 5) is 23.0. The van der Waals surface area contributed by atoms with Crippen LogP contribution < -0.4 is 10.2 Å². The number of benzene rings is 1. The molecule has 9 heteroatoms. The van der Waals surface area contributed by atoms with Crippen molar-refractivity contribution < 1.29 is 18.4 Å². The van der Waals surface area contributed by atoms with Crippen molar-refractivity contribution >= 4 is 31.3 Å². The summed E-state index contributed by atoms with van der Waals surface area (Å²) in [6.07, 6.45) is 5.78. The molecule has 3 fully saturated rings. The van der Waals surface area contributed by atoms with Gasteiger partial charge in [-0.25, -0.2) is 0 Å². The first-order chi connectivity index (χ1) is 17.5. The van der Waals surface area contributed by atoms with Crippen molar-refractivity contribution in [1.29, 1.82) is 0 Å². The number of hydrogen-bond acceptors (Lipinski definition) is 7. The SMILES string of the molecule is CN1C2CCCC1CC(NC(=O)c1cccc3oc(N4CCOC[C@@H]4CO[Si](C)(C)C(C)(C)C)nc13)C2. The average Bonchev–Trinajstić information content (AvgIpc) is 3.27. The molecule has 2 unspecified atom stereocenters. The number of hydrogen-bond donors (Lipinski definition) is 1. The number of piperidine rings is 2. The summed E-state index contributed by atoms with van der Waals surface area (Å²) in [5, 5.41) is 3.47. The van der Waals surface area contributed by atoms with E-state index in [0.29, 0.717) is 61.1 Å². The van der Waals surface area contributed by atoms with Crippen LogP contribution in [0.25, 0.3) is 11.1 Å². The Morgan fingerprint density at radius 2 is 1.95 bits per heavy atom. The first-order valence-corrected chi connectivity index (χ1v) is 16.8. The highest BCUT2D eigenvalue weighted by molar-refractivity contribution is 6.74. The molecule has 1 aromatic carbocycles. The van der Waals surface area contributed by atoms with Crippen LogP contribution in [0.3, 0.4) is 0 Å². The van der Waals surface area contributed by atoms with E-state index in [-0.39, 0.29) is 23.0 Å². The van der Waals surface area contributed by atoms with Crippen molar-refractivity contribution in [2.75, 3.05) is 38.3 Å². The van der Waals surface area contributed by atoms with Crippen molar-refractivity contribution in [3.63, 3.8) is 0 Å². The number of amides is 1. The van der Waals surface area contributed by atoms with Gasteiger partial charge in [0.15, 0.2) is 13.9 Å². The number of fused-ring (bicyclic) bond motifs is 3. The Labute approximate surface area is 222 Å². The Bertz CT molecular complexity index is 1100. The molecule has 1 aromatic heterocycles. The normalized spacial score (nSPS) is 27.5. The van der Waals surface area contributed by atoms with Crippen molar-refractivity contribution in [2.45, 2.75) is 95.2 Å². The van der Waals surface area contributed by atoms with Gasteiger partial charge in [0.1, 0.15) is 5.52 Å². The van der Waals surface area contributed by atoms with E-state index in [0.717, 1.165) is 12.8 Å². The van der Waals surface area contributed by atoms with Gasteiger partial charge >= 0.3 is 0 Å². The lowest BCUT2D eigenvalue weighted by atomic mass is 9.82. The van der Waals surface area contributed by atoms with Crippen LogP contribution in [-0.4, -0.2) is 81.7 Å². The number of rotatable bonds is 6. The quantitative estimate of drug-likeness (QED) is 0.540. The molecule has 0 aliphatic carbocycles. The Balaban J connectivity index is 1.32. The first kappa shape index (κ1) is 26.7. The van der Waals surface area contributed by atoms with Gasteiger partial charge < -0.3 is 28.7 Å². The largest absolute Gasteiger partial charge is 0.423 e. The van der Waals surface area contributed by atoms with E-state index in [1.165, 1.54) is 19.3 Å². The molecule has 5 rings (SSSR count). The monoisotopic (exact) mass is 528 g/mol. The molecule has 1 amide bonds. The molecular weight excluding hydrogens is 484 g/mol. The van der Waals surface area contributed by atoms with Crippen molar-refractivity contribution in [3.05, 3.63) is 23.8 Å². The summed E-state index contributed by atoms with van der Waals surface area (Å²) in [7, 11) is 0.338. The second kappa shape index (κ2) is 10.3. The molecule has 3 aliphatic heterocycles. The number of nitrogens with zero attached hydrogens (tertiary/aromatic N) is 3. The van der Waals surface area contributed by atoms with E-state index in [2.05, 4.69) is 56.0 Å². The molecule has 3 atom stereocenters. The molecule has 0 spiro atoms. The lowest BCUT2D eigenvalue weighted by Gasteiger charge is -2.47. The van der Waals surface area contributed by atoms with Crippen molar-refractivity contribution in [3.8, 4) is 0 Å². The topological polar surface area (TPSA) is 80.1 Å². The van der Waals surface area contributed by atoms with Crippen molar-refractivity contribution in [2.24, 2.45) is 0 Å². The molecular formula is C28H44N4O4Si. The summed E-state index contributed by atoms with van der Waals surface area (Å²) in [5.41, 5.74) is 1.84. The molecule has 8 nitrogen and oxygen atoms in total. The second-order valence-corrected chi connectivity index (χ2v) is 17.5. The summed E-state index contributed by atoms with van der Waals surface area (Å²) >= 11 is 0. The smallest absolute Gasteiger partial charge is 0.298 e. The van der Waals surface area contributed by atoms with Gasteiger partial charge in [-0.1, -0.05) is 33.3 Å². The van der Waals surface area contributed by atoms with E-state index in [1.54, 1.807) is 0 Å². The Morgan fingerprint density at radius 1 is 1.22 bits per heavy atom. The van der Waals surface area contributed by atoms with Crippen LogP contribution in [-0.2, 0) is 9.16 Å². The van der Waals surface area contributed by atoms with Crippen LogP contribution in [0.1, 0.15) is 63.2 Å². The van der Waals surface area contributed by atoms with Gasteiger partial charge in [0.25, 0.3) is 11.9 Å². The summed E-state index contributed by atoms with van der Waals surface area (Å²) in [6.45, 7) is 13.7. The number of carbonyl (C=O) groups is 1. The first-order valence-electron chi connectivity index (χ1n) is 13.9. The zero-order chi connectivity index (χ0) is 26.4. The summed E-state index contributed by atoms with van der Waals surface area (Å²) in [5.74, 6) is -0.0575. The molecule has 2 bridgehead atoms. The third-order valence-corrected chi connectivity index (χ3v) is 13.7. The molecule has 3 saturated heterocycles.